The quantitative estimate of drug-likeness (QED) is 0.148. The van der Waals surface area contributed by atoms with Crippen molar-refractivity contribution in [2.75, 3.05) is 19.7 Å². The molecule has 8 heteroatoms. The molecule has 0 bridgehead atoms. The molecule has 0 spiro atoms. The van der Waals surface area contributed by atoms with E-state index in [1.807, 2.05) is 6.20 Å². The van der Waals surface area contributed by atoms with Gasteiger partial charge in [-0.1, -0.05) is 251 Å². The summed E-state index contributed by atoms with van der Waals surface area (Å²) in [5, 5.41) is 19.8. The second-order valence-corrected chi connectivity index (χ2v) is 24.1. The van der Waals surface area contributed by atoms with E-state index >= 15 is 0 Å². The number of hydrazine groups is 2. The van der Waals surface area contributed by atoms with E-state index in [0.717, 1.165) is 71.7 Å². The number of fused-ring (bicyclic) bond motifs is 16. The van der Waals surface area contributed by atoms with Gasteiger partial charge in [0, 0.05) is 34.0 Å². The van der Waals surface area contributed by atoms with Gasteiger partial charge in [-0.05, 0) is 170 Å². The van der Waals surface area contributed by atoms with Crippen molar-refractivity contribution in [2.24, 2.45) is 0 Å². The van der Waals surface area contributed by atoms with Crippen LogP contribution >= 0.6 is 0 Å². The van der Waals surface area contributed by atoms with Crippen LogP contribution in [0.5, 0.6) is 0 Å². The van der Waals surface area contributed by atoms with Crippen molar-refractivity contribution < 1.29 is 0 Å². The van der Waals surface area contributed by atoms with Gasteiger partial charge in [0.05, 0.1) is 11.2 Å². The van der Waals surface area contributed by atoms with Gasteiger partial charge in [-0.15, -0.1) is 0 Å². The Kier molecular flexibility index (Phi) is 12.9. The third-order valence-electron chi connectivity index (χ3n) is 17.9. The summed E-state index contributed by atoms with van der Waals surface area (Å²) in [6.45, 7) is 6.37. The van der Waals surface area contributed by atoms with Gasteiger partial charge in [-0.2, -0.15) is 0 Å². The first kappa shape index (κ1) is 52.6. The monoisotopic (exact) mass is 1130 g/mol. The molecule has 15 aromatic rings. The lowest BCUT2D eigenvalue weighted by Crippen LogP contribution is -2.84. The molecule has 6 nitrogen and oxygen atoms in total. The Morgan fingerprint density at radius 1 is 0.307 bits per heavy atom. The van der Waals surface area contributed by atoms with Crippen molar-refractivity contribution in [1.82, 2.24) is 9.97 Å². The molecule has 88 heavy (non-hydrogen) atoms. The Morgan fingerprint density at radius 2 is 0.693 bits per heavy atom. The van der Waals surface area contributed by atoms with Crippen molar-refractivity contribution in [3.63, 3.8) is 0 Å². The third kappa shape index (κ3) is 8.82. The van der Waals surface area contributed by atoms with Gasteiger partial charge in [0.15, 0.2) is 0 Å². The van der Waals surface area contributed by atoms with Crippen LogP contribution in [0.1, 0.15) is 26.3 Å². The highest BCUT2D eigenvalue weighted by Crippen LogP contribution is 2.45. The van der Waals surface area contributed by atoms with Crippen LogP contribution in [-0.2, 0) is 5.41 Å². The van der Waals surface area contributed by atoms with Crippen LogP contribution in [0.3, 0.4) is 0 Å². The maximum Gasteiger partial charge on any atom is 0.422 e. The maximum atomic E-state index is 4.97. The first-order valence-corrected chi connectivity index (χ1v) is 30.4. The Balaban J connectivity index is 0.995. The van der Waals surface area contributed by atoms with Crippen LogP contribution in [-0.4, -0.2) is 23.9 Å². The van der Waals surface area contributed by atoms with Gasteiger partial charge < -0.3 is 4.72 Å². The summed E-state index contributed by atoms with van der Waals surface area (Å²) in [5.41, 5.74) is 10.8. The average molecular weight is 1130 g/mol. The Labute approximate surface area is 513 Å². The van der Waals surface area contributed by atoms with E-state index in [0.29, 0.717) is 0 Å². The first-order valence-electron chi connectivity index (χ1n) is 30.4. The van der Waals surface area contributed by atoms with Crippen molar-refractivity contribution in [1.29, 1.82) is 0 Å². The molecular formula is C80H60B2N6. The minimum Gasteiger partial charge on any atom is -0.413 e. The highest BCUT2D eigenvalue weighted by Gasteiger charge is 2.53. The normalized spacial score (nSPS) is 13.0. The summed E-state index contributed by atoms with van der Waals surface area (Å²) in [6, 6.07) is 110. The van der Waals surface area contributed by atoms with Crippen LogP contribution in [0.2, 0.25) is 0 Å². The summed E-state index contributed by atoms with van der Waals surface area (Å²) in [7, 11) is 0. The number of rotatable bonds is 7. The highest BCUT2D eigenvalue weighted by molar-refractivity contribution is 6.99. The van der Waals surface area contributed by atoms with Crippen molar-refractivity contribution in [2.45, 2.75) is 26.2 Å². The minimum atomic E-state index is -0.357. The first-order chi connectivity index (χ1) is 43.4. The second-order valence-electron chi connectivity index (χ2n) is 24.1. The largest absolute Gasteiger partial charge is 0.422 e. The standard InChI is InChI=1S/C80H60B2N6/c1-80(2,3)78-48-46-61(87-82(57-29-11-5-12-30-57)85(58-31-13-6-14-32-58)81(56-27-9-4-10-28-56)86(59-33-15-7-16-34-59)88(87)60-35-17-8-18-36-60)50-71(78)55-45-47-69-62-37-19-20-38-63(62)73-52-76-68-43-25-26-44-70(68)79-77(53-83-54-84-79)67-42-24-23-41-66(67)75(76)51-74(73)65-40-22-21-39-64(65)72(69)49-55/h4-54H,1-3H3. The Bertz CT molecular complexity index is 5150. The van der Waals surface area contributed by atoms with Gasteiger partial charge in [-0.25, -0.2) is 15.1 Å². The van der Waals surface area contributed by atoms with E-state index in [1.54, 1.807) is 6.33 Å². The summed E-state index contributed by atoms with van der Waals surface area (Å²) in [4.78, 5) is 14.6. The molecule has 0 aliphatic carbocycles. The van der Waals surface area contributed by atoms with Crippen molar-refractivity contribution >= 4 is 134 Å². The summed E-state index contributed by atoms with van der Waals surface area (Å²) in [5.74, 6) is 0. The number of benzene rings is 12. The SMILES string of the molecule is CC(C)(C)c1ccc(N2B(c3ccccc3)N(c3ccccc3)B(c3ccccc3)N(c3ccccc3)N2c2ccccc2)cc1-c1ccc2c3ccccc3c3cc4c(cc3c3ccccc3c2c1)c1ccccc1c1cncnc1c1ccccc41. The van der Waals surface area contributed by atoms with E-state index in [4.69, 9.17) is 4.98 Å². The van der Waals surface area contributed by atoms with E-state index in [2.05, 4.69) is 343 Å². The molecule has 16 rings (SSSR count). The molecule has 1 aliphatic heterocycles. The molecule has 1 saturated heterocycles. The molecule has 0 atom stereocenters. The molecule has 0 saturated carbocycles. The van der Waals surface area contributed by atoms with E-state index in [-0.39, 0.29) is 19.4 Å². The zero-order valence-electron chi connectivity index (χ0n) is 49.3. The number of aromatic nitrogens is 2. The van der Waals surface area contributed by atoms with Gasteiger partial charge in [-0.3, -0.25) is 9.84 Å². The molecule has 1 fully saturated rings. The van der Waals surface area contributed by atoms with E-state index in [1.165, 1.54) is 65.0 Å². The predicted molar refractivity (Wildman–Crippen MR) is 377 cm³/mol. The molecule has 0 amide bonds. The fourth-order valence-electron chi connectivity index (χ4n) is 14.1. The van der Waals surface area contributed by atoms with Gasteiger partial charge >= 0.3 is 14.0 Å². The lowest BCUT2D eigenvalue weighted by atomic mass is 9.50. The molecular weight excluding hydrogens is 1070 g/mol. The van der Waals surface area contributed by atoms with E-state index in [9.17, 15) is 0 Å². The second kappa shape index (κ2) is 21.5. The fraction of sp³-hybridized carbons (Fsp3) is 0.0500. The van der Waals surface area contributed by atoms with Crippen molar-refractivity contribution in [3.8, 4) is 11.1 Å². The van der Waals surface area contributed by atoms with Crippen LogP contribution < -0.4 is 30.6 Å². The molecule has 1 aliphatic rings. The smallest absolute Gasteiger partial charge is 0.413 e. The lowest BCUT2D eigenvalue weighted by Gasteiger charge is -2.59. The molecule has 0 radical (unpaired) electrons. The Hall–Kier alpha value is -11.0. The molecule has 2 heterocycles. The van der Waals surface area contributed by atoms with Crippen LogP contribution in [0.15, 0.2) is 310 Å². The van der Waals surface area contributed by atoms with Crippen LogP contribution in [0, 0.1) is 0 Å². The number of nitrogens with zero attached hydrogens (tertiary/aromatic N) is 6. The molecule has 1 aromatic heterocycles. The summed E-state index contributed by atoms with van der Waals surface area (Å²) >= 11 is 0. The number of hydrogen-bond acceptors (Lipinski definition) is 6. The topological polar surface area (TPSA) is 38.7 Å². The molecule has 0 unspecified atom stereocenters. The number of hydrogen-bond donors (Lipinski definition) is 0. The third-order valence-corrected chi connectivity index (χ3v) is 17.9. The van der Waals surface area contributed by atoms with Crippen LogP contribution in [0.4, 0.5) is 22.7 Å². The Morgan fingerprint density at radius 3 is 1.19 bits per heavy atom. The molecule has 0 N–H and O–H groups in total. The van der Waals surface area contributed by atoms with Gasteiger partial charge in [0.25, 0.3) is 0 Å². The summed E-state index contributed by atoms with van der Waals surface area (Å²) < 4.78 is 2.61. The highest BCUT2D eigenvalue weighted by atomic mass is 15.9. The maximum absolute atomic E-state index is 4.97. The van der Waals surface area contributed by atoms with Gasteiger partial charge in [0.2, 0.25) is 0 Å². The zero-order valence-corrected chi connectivity index (χ0v) is 49.3. The van der Waals surface area contributed by atoms with Crippen LogP contribution in [0.25, 0.3) is 97.4 Å². The average Bonchev–Trinajstić information content (AvgIpc) is 0.799. The summed E-state index contributed by atoms with van der Waals surface area (Å²) in [6.07, 6.45) is 3.65. The predicted octanol–water partition coefficient (Wildman–Crippen LogP) is 18.8. The lowest BCUT2D eigenvalue weighted by molar-refractivity contribution is 0.592. The van der Waals surface area contributed by atoms with Crippen molar-refractivity contribution in [3.05, 3.63) is 315 Å². The minimum absolute atomic E-state index is 0.232. The van der Waals surface area contributed by atoms with Gasteiger partial charge in [0.1, 0.15) is 6.33 Å². The number of anilines is 4. The van der Waals surface area contributed by atoms with E-state index < -0.39 is 0 Å². The fourth-order valence-corrected chi connectivity index (χ4v) is 14.1. The number of para-hydroxylation sites is 3. The molecule has 416 valence electrons. The molecule has 14 aromatic carbocycles. The zero-order chi connectivity index (χ0) is 58.9.